The van der Waals surface area contributed by atoms with Crippen molar-refractivity contribution in [3.05, 3.63) is 41.4 Å². The van der Waals surface area contributed by atoms with E-state index in [1.807, 2.05) is 12.1 Å². The Morgan fingerprint density at radius 3 is 2.56 bits per heavy atom. The molecule has 11 heteroatoms. The molecular formula is C23H29B3N6O2. The molecule has 3 aromatic heterocycles. The van der Waals surface area contributed by atoms with Crippen LogP contribution in [0.25, 0.3) is 27.8 Å². The Morgan fingerprint density at radius 2 is 1.97 bits per heavy atom. The van der Waals surface area contributed by atoms with E-state index in [1.165, 1.54) is 11.9 Å². The van der Waals surface area contributed by atoms with Gasteiger partial charge in [0, 0.05) is 49.6 Å². The van der Waals surface area contributed by atoms with Crippen LogP contribution in [0.3, 0.4) is 0 Å². The van der Waals surface area contributed by atoms with Crippen LogP contribution in [0, 0.1) is 5.92 Å². The van der Waals surface area contributed by atoms with Gasteiger partial charge in [0.1, 0.15) is 5.65 Å². The SMILES string of the molecule is [B]C([B])([B])C(C)(O)c1ccc2c3ncc(/C(=C(\C)N)N(C)N)cc3n(CC3CCOCC3)c2n1. The van der Waals surface area contributed by atoms with Gasteiger partial charge in [-0.3, -0.25) is 4.98 Å². The quantitative estimate of drug-likeness (QED) is 0.292. The summed E-state index contributed by atoms with van der Waals surface area (Å²) in [6, 6.07) is 5.57. The summed E-state index contributed by atoms with van der Waals surface area (Å²) >= 11 is 0. The number of aliphatic hydroxyl groups is 1. The van der Waals surface area contributed by atoms with Gasteiger partial charge in [-0.1, -0.05) is 5.11 Å². The van der Waals surface area contributed by atoms with E-state index < -0.39 is 10.7 Å². The van der Waals surface area contributed by atoms with Crippen molar-refractivity contribution < 1.29 is 9.84 Å². The van der Waals surface area contributed by atoms with Crippen LogP contribution in [0.5, 0.6) is 0 Å². The summed E-state index contributed by atoms with van der Waals surface area (Å²) in [5.41, 5.74) is 9.06. The van der Waals surface area contributed by atoms with Gasteiger partial charge in [-0.05, 0) is 50.8 Å². The fraction of sp³-hybridized carbons (Fsp3) is 0.478. The van der Waals surface area contributed by atoms with Crippen LogP contribution in [0.4, 0.5) is 0 Å². The number of allylic oxidation sites excluding steroid dienone is 1. The van der Waals surface area contributed by atoms with Crippen molar-refractivity contribution >= 4 is 51.3 Å². The first-order valence-corrected chi connectivity index (χ1v) is 11.3. The van der Waals surface area contributed by atoms with E-state index in [-0.39, 0.29) is 5.69 Å². The zero-order valence-electron chi connectivity index (χ0n) is 20.0. The lowest BCUT2D eigenvalue weighted by Gasteiger charge is -2.38. The van der Waals surface area contributed by atoms with Crippen LogP contribution in [-0.4, -0.2) is 68.5 Å². The van der Waals surface area contributed by atoms with Gasteiger partial charge in [0.25, 0.3) is 0 Å². The first-order valence-electron chi connectivity index (χ1n) is 11.3. The number of pyridine rings is 2. The Kier molecular flexibility index (Phi) is 6.48. The zero-order chi connectivity index (χ0) is 24.8. The molecule has 5 N–H and O–H groups in total. The third-order valence-electron chi connectivity index (χ3n) is 6.67. The lowest BCUT2D eigenvalue weighted by Crippen LogP contribution is -2.40. The lowest BCUT2D eigenvalue weighted by atomic mass is 9.36. The standard InChI is InChI=1S/C23H29B3N6O2/c1-13(27)20(31(3)28)15-10-17-19(29-11-15)16-4-5-18(22(2,33)23(24,25)26)30-21(16)32(17)12-14-6-8-34-9-7-14/h4-5,10-11,14,33H,6-9,12,27-28H2,1-3H3/b20-13-. The number of nitrogens with two attached hydrogens (primary N) is 2. The maximum absolute atomic E-state index is 11.0. The van der Waals surface area contributed by atoms with Crippen molar-refractivity contribution in [2.24, 2.45) is 17.5 Å². The number of aromatic nitrogens is 3. The second-order valence-corrected chi connectivity index (χ2v) is 9.47. The van der Waals surface area contributed by atoms with Crippen LogP contribution in [-0.2, 0) is 16.9 Å². The molecule has 4 rings (SSSR count). The molecule has 0 aromatic carbocycles. The van der Waals surface area contributed by atoms with Crippen LogP contribution in [0.1, 0.15) is 37.9 Å². The molecule has 8 nitrogen and oxygen atoms in total. The van der Waals surface area contributed by atoms with Gasteiger partial charge in [0.2, 0.25) is 0 Å². The number of hydrazine groups is 1. The zero-order valence-corrected chi connectivity index (χ0v) is 20.0. The fourth-order valence-electron chi connectivity index (χ4n) is 4.52. The van der Waals surface area contributed by atoms with Gasteiger partial charge < -0.3 is 25.2 Å². The minimum Gasteiger partial charge on any atom is -0.401 e. The van der Waals surface area contributed by atoms with Crippen molar-refractivity contribution in [1.82, 2.24) is 19.5 Å². The first kappa shape index (κ1) is 24.6. The van der Waals surface area contributed by atoms with Crippen LogP contribution in [0.15, 0.2) is 30.1 Å². The van der Waals surface area contributed by atoms with E-state index in [1.54, 1.807) is 26.2 Å². The van der Waals surface area contributed by atoms with E-state index in [0.717, 1.165) is 48.0 Å². The molecule has 0 spiro atoms. The minimum absolute atomic E-state index is 0.281. The van der Waals surface area contributed by atoms with Crippen LogP contribution in [0.2, 0.25) is 5.11 Å². The second kappa shape index (κ2) is 8.94. The first-order chi connectivity index (χ1) is 15.9. The van der Waals surface area contributed by atoms with Crippen molar-refractivity contribution in [3.8, 4) is 0 Å². The third-order valence-corrected chi connectivity index (χ3v) is 6.67. The highest BCUT2D eigenvalue weighted by molar-refractivity contribution is 6.59. The molecule has 0 saturated carbocycles. The highest BCUT2D eigenvalue weighted by Crippen LogP contribution is 2.39. The molecule has 0 aliphatic carbocycles. The molecule has 1 atom stereocenters. The molecule has 172 valence electrons. The summed E-state index contributed by atoms with van der Waals surface area (Å²) in [5.74, 6) is 6.46. The number of rotatable bonds is 6. The Bertz CT molecular complexity index is 1240. The van der Waals surface area contributed by atoms with Crippen molar-refractivity contribution in [2.75, 3.05) is 20.3 Å². The van der Waals surface area contributed by atoms with Crippen LogP contribution >= 0.6 is 0 Å². The molecule has 3 aromatic rings. The lowest BCUT2D eigenvalue weighted by molar-refractivity contribution is 0.0538. The number of fused-ring (bicyclic) bond motifs is 3. The summed E-state index contributed by atoms with van der Waals surface area (Å²) in [6.07, 6.45) is 3.65. The Balaban J connectivity index is 1.96. The number of ether oxygens (including phenoxy) is 1. The van der Waals surface area contributed by atoms with E-state index in [2.05, 4.69) is 4.57 Å². The Labute approximate surface area is 203 Å². The molecule has 34 heavy (non-hydrogen) atoms. The molecule has 1 aliphatic rings. The van der Waals surface area contributed by atoms with Crippen molar-refractivity contribution in [2.45, 2.75) is 43.9 Å². The Morgan fingerprint density at radius 1 is 1.29 bits per heavy atom. The molecule has 0 amide bonds. The maximum Gasteiger partial charge on any atom is 0.143 e. The van der Waals surface area contributed by atoms with E-state index >= 15 is 0 Å². The van der Waals surface area contributed by atoms with Gasteiger partial charge in [0.15, 0.2) is 0 Å². The second-order valence-electron chi connectivity index (χ2n) is 9.47. The average Bonchev–Trinajstić information content (AvgIpc) is 3.05. The monoisotopic (exact) mass is 454 g/mol. The van der Waals surface area contributed by atoms with E-state index in [4.69, 9.17) is 49.8 Å². The smallest absolute Gasteiger partial charge is 0.143 e. The highest BCUT2D eigenvalue weighted by Gasteiger charge is 2.37. The molecular weight excluding hydrogens is 425 g/mol. The molecule has 6 radical (unpaired) electrons. The molecule has 1 aliphatic heterocycles. The predicted molar refractivity (Wildman–Crippen MR) is 137 cm³/mol. The van der Waals surface area contributed by atoms with Crippen molar-refractivity contribution in [3.63, 3.8) is 0 Å². The predicted octanol–water partition coefficient (Wildman–Crippen LogP) is 1.25. The fourth-order valence-corrected chi connectivity index (χ4v) is 4.52. The normalized spacial score (nSPS) is 18.1. The van der Waals surface area contributed by atoms with E-state index in [9.17, 15) is 5.11 Å². The molecule has 1 saturated heterocycles. The van der Waals surface area contributed by atoms with Gasteiger partial charge in [-0.2, -0.15) is 0 Å². The molecule has 0 bridgehead atoms. The molecule has 1 unspecified atom stereocenters. The summed E-state index contributed by atoms with van der Waals surface area (Å²) < 4.78 is 7.67. The third kappa shape index (κ3) is 4.32. The Hall–Kier alpha value is -2.49. The number of hydrogen-bond acceptors (Lipinski definition) is 7. The van der Waals surface area contributed by atoms with Crippen molar-refractivity contribution in [1.29, 1.82) is 0 Å². The summed E-state index contributed by atoms with van der Waals surface area (Å²) in [7, 11) is 19.3. The van der Waals surface area contributed by atoms with Gasteiger partial charge in [-0.15, -0.1) is 0 Å². The summed E-state index contributed by atoms with van der Waals surface area (Å²) in [5, 5.41) is 11.5. The van der Waals surface area contributed by atoms with E-state index in [0.29, 0.717) is 29.5 Å². The van der Waals surface area contributed by atoms with Gasteiger partial charge >= 0.3 is 0 Å². The summed E-state index contributed by atoms with van der Waals surface area (Å²) in [6.45, 7) is 5.43. The van der Waals surface area contributed by atoms with Gasteiger partial charge in [0.05, 0.1) is 51.6 Å². The number of nitrogens with zero attached hydrogens (tertiary/aromatic N) is 4. The summed E-state index contributed by atoms with van der Waals surface area (Å²) in [4.78, 5) is 9.55. The highest BCUT2D eigenvalue weighted by atomic mass is 16.5. The topological polar surface area (TPSA) is 115 Å². The average molecular weight is 454 g/mol. The maximum atomic E-state index is 11.0. The largest absolute Gasteiger partial charge is 0.401 e. The number of hydrogen-bond donors (Lipinski definition) is 3. The molecule has 4 heterocycles. The molecule has 1 fully saturated rings. The van der Waals surface area contributed by atoms with Gasteiger partial charge in [-0.25, -0.2) is 10.8 Å². The minimum atomic E-state index is -1.87. The van der Waals surface area contributed by atoms with Crippen LogP contribution < -0.4 is 11.6 Å².